The predicted molar refractivity (Wildman–Crippen MR) is 231 cm³/mol. The Balaban J connectivity index is 1.10. The van der Waals surface area contributed by atoms with E-state index in [-0.39, 0.29) is 0 Å². The number of benzene rings is 9. The molecule has 0 bridgehead atoms. The van der Waals surface area contributed by atoms with Crippen LogP contribution in [0.15, 0.2) is 164 Å². The van der Waals surface area contributed by atoms with E-state index in [2.05, 4.69) is 127 Å². The maximum Gasteiger partial charge on any atom is 0.164 e. The lowest BCUT2D eigenvalue weighted by molar-refractivity contribution is 1.08. The standard InChI is InChI=1S/C49H27N3S2/c1-3-13-28(14-4-1)47-50-48(29-15-5-2-6-16-29)52-49(51-47)38-26-25-34(30-17-7-9-19-32(30)38)36-22-11-23-37-40-27-39-33-20-10-8-18-31(33)35-21-12-24-41-42(35)43(39)46(53-41)45(40)54-44(36)37/h1-27H. The summed E-state index contributed by atoms with van der Waals surface area (Å²) in [7, 11) is 0. The van der Waals surface area contributed by atoms with E-state index in [1.165, 1.54) is 78.4 Å². The molecule has 0 saturated heterocycles. The van der Waals surface area contributed by atoms with E-state index in [1.807, 2.05) is 59.1 Å². The highest BCUT2D eigenvalue weighted by molar-refractivity contribution is 7.34. The fourth-order valence-electron chi connectivity index (χ4n) is 8.49. The largest absolute Gasteiger partial charge is 0.208 e. The van der Waals surface area contributed by atoms with Gasteiger partial charge in [-0.2, -0.15) is 0 Å². The van der Waals surface area contributed by atoms with Crippen molar-refractivity contribution in [2.24, 2.45) is 0 Å². The smallest absolute Gasteiger partial charge is 0.164 e. The highest BCUT2D eigenvalue weighted by Crippen LogP contribution is 2.52. The molecule has 0 atom stereocenters. The van der Waals surface area contributed by atoms with Crippen LogP contribution in [-0.2, 0) is 0 Å². The molecule has 0 aliphatic carbocycles. The summed E-state index contributed by atoms with van der Waals surface area (Å²) in [6.45, 7) is 0. The average molecular weight is 722 g/mol. The first-order valence-corrected chi connectivity index (χ1v) is 19.7. The van der Waals surface area contributed by atoms with E-state index in [9.17, 15) is 0 Å². The summed E-state index contributed by atoms with van der Waals surface area (Å²) in [6, 6.07) is 58.5. The van der Waals surface area contributed by atoms with Crippen molar-refractivity contribution in [3.8, 4) is 45.3 Å². The second-order valence-corrected chi connectivity index (χ2v) is 15.9. The van der Waals surface area contributed by atoms with Crippen LogP contribution in [0, 0.1) is 0 Å². The molecule has 0 saturated carbocycles. The summed E-state index contributed by atoms with van der Waals surface area (Å²) in [5.41, 5.74) is 5.35. The molecule has 0 amide bonds. The van der Waals surface area contributed by atoms with Gasteiger partial charge in [-0.25, -0.2) is 15.0 Å². The number of hydrogen-bond acceptors (Lipinski definition) is 5. The molecular weight excluding hydrogens is 695 g/mol. The highest BCUT2D eigenvalue weighted by atomic mass is 32.1. The normalized spacial score (nSPS) is 12.1. The van der Waals surface area contributed by atoms with Crippen molar-refractivity contribution in [3.05, 3.63) is 164 Å². The van der Waals surface area contributed by atoms with Gasteiger partial charge in [-0.05, 0) is 56.1 Å². The molecule has 0 unspecified atom stereocenters. The van der Waals surface area contributed by atoms with Crippen LogP contribution in [-0.4, -0.2) is 15.0 Å². The Morgan fingerprint density at radius 3 is 1.57 bits per heavy atom. The maximum atomic E-state index is 5.10. The molecule has 0 aliphatic heterocycles. The molecule has 3 aromatic heterocycles. The van der Waals surface area contributed by atoms with Crippen LogP contribution in [0.2, 0.25) is 0 Å². The van der Waals surface area contributed by atoms with Gasteiger partial charge in [0.05, 0.1) is 9.40 Å². The zero-order valence-electron chi connectivity index (χ0n) is 28.7. The van der Waals surface area contributed by atoms with Crippen LogP contribution in [0.5, 0.6) is 0 Å². The lowest BCUT2D eigenvalue weighted by Gasteiger charge is -2.13. The third kappa shape index (κ3) is 4.31. The monoisotopic (exact) mass is 721 g/mol. The number of hydrogen-bond donors (Lipinski definition) is 0. The van der Waals surface area contributed by atoms with E-state index < -0.39 is 0 Å². The Hall–Kier alpha value is -6.53. The van der Waals surface area contributed by atoms with Crippen molar-refractivity contribution in [3.63, 3.8) is 0 Å². The van der Waals surface area contributed by atoms with Gasteiger partial charge < -0.3 is 0 Å². The molecule has 0 aliphatic rings. The Morgan fingerprint density at radius 2 is 0.852 bits per heavy atom. The summed E-state index contributed by atoms with van der Waals surface area (Å²) in [6.07, 6.45) is 0. The Bertz CT molecular complexity index is 3380. The summed E-state index contributed by atoms with van der Waals surface area (Å²) in [5, 5.41) is 13.1. The van der Waals surface area contributed by atoms with Crippen molar-refractivity contribution in [2.45, 2.75) is 0 Å². The average Bonchev–Trinajstić information content (AvgIpc) is 3.83. The molecule has 3 heterocycles. The predicted octanol–water partition coefficient (Wildman–Crippen LogP) is 14.2. The van der Waals surface area contributed by atoms with Gasteiger partial charge in [-0.1, -0.05) is 146 Å². The molecule has 3 nitrogen and oxygen atoms in total. The third-order valence-corrected chi connectivity index (χ3v) is 13.5. The van der Waals surface area contributed by atoms with Crippen LogP contribution >= 0.6 is 22.7 Å². The van der Waals surface area contributed by atoms with Crippen LogP contribution in [0.4, 0.5) is 0 Å². The zero-order valence-corrected chi connectivity index (χ0v) is 30.4. The van der Waals surface area contributed by atoms with Gasteiger partial charge in [0.25, 0.3) is 0 Å². The number of nitrogens with zero attached hydrogens (tertiary/aromatic N) is 3. The molecule has 9 aromatic carbocycles. The number of fused-ring (bicyclic) bond motifs is 8. The highest BCUT2D eigenvalue weighted by Gasteiger charge is 2.22. The lowest BCUT2D eigenvalue weighted by atomic mass is 9.92. The van der Waals surface area contributed by atoms with Crippen LogP contribution in [0.3, 0.4) is 0 Å². The minimum atomic E-state index is 0.660. The Labute approximate surface area is 317 Å². The number of thiophene rings is 2. The first kappa shape index (κ1) is 30.0. The molecule has 12 rings (SSSR count). The van der Waals surface area contributed by atoms with Gasteiger partial charge in [0, 0.05) is 53.2 Å². The summed E-state index contributed by atoms with van der Waals surface area (Å²) in [5.74, 6) is 1.98. The fraction of sp³-hybridized carbons (Fsp3) is 0. The molecule has 0 fully saturated rings. The van der Waals surface area contributed by atoms with Gasteiger partial charge in [0.2, 0.25) is 0 Å². The van der Waals surface area contributed by atoms with Crippen LogP contribution in [0.25, 0.3) is 118 Å². The van der Waals surface area contributed by atoms with Crippen molar-refractivity contribution in [1.29, 1.82) is 0 Å². The first-order valence-electron chi connectivity index (χ1n) is 18.1. The maximum absolute atomic E-state index is 5.10. The molecule has 0 spiro atoms. The second-order valence-electron chi connectivity index (χ2n) is 13.9. The van der Waals surface area contributed by atoms with Crippen molar-refractivity contribution < 1.29 is 0 Å². The molecule has 0 N–H and O–H groups in total. The lowest BCUT2D eigenvalue weighted by Crippen LogP contribution is -2.00. The van der Waals surface area contributed by atoms with E-state index in [0.717, 1.165) is 22.1 Å². The first-order chi connectivity index (χ1) is 26.8. The van der Waals surface area contributed by atoms with Gasteiger partial charge in [-0.15, -0.1) is 22.7 Å². The quantitative estimate of drug-likeness (QED) is 0.170. The van der Waals surface area contributed by atoms with Crippen molar-refractivity contribution in [1.82, 2.24) is 15.0 Å². The van der Waals surface area contributed by atoms with E-state index >= 15 is 0 Å². The molecule has 250 valence electrons. The van der Waals surface area contributed by atoms with Crippen LogP contribution < -0.4 is 0 Å². The number of aromatic nitrogens is 3. The van der Waals surface area contributed by atoms with Crippen molar-refractivity contribution >= 4 is 95.3 Å². The minimum absolute atomic E-state index is 0.660. The summed E-state index contributed by atoms with van der Waals surface area (Å²) in [4.78, 5) is 15.1. The second kappa shape index (κ2) is 11.5. The zero-order chi connectivity index (χ0) is 35.3. The topological polar surface area (TPSA) is 38.7 Å². The molecular formula is C49H27N3S2. The third-order valence-electron chi connectivity index (χ3n) is 10.9. The SMILES string of the molecule is c1ccc(-c2nc(-c3ccccc3)nc(-c3ccc(-c4cccc5c4sc4c5cc5c6ccccc6c6cccc7sc4c5c76)c4ccccc34)n2)cc1. The minimum Gasteiger partial charge on any atom is -0.208 e. The Kier molecular flexibility index (Phi) is 6.38. The summed E-state index contributed by atoms with van der Waals surface area (Å²) < 4.78 is 5.43. The van der Waals surface area contributed by atoms with Crippen molar-refractivity contribution in [2.75, 3.05) is 0 Å². The molecule has 0 radical (unpaired) electrons. The van der Waals surface area contributed by atoms with Gasteiger partial charge in [0.1, 0.15) is 0 Å². The molecule has 12 aromatic rings. The Morgan fingerprint density at radius 1 is 0.296 bits per heavy atom. The van der Waals surface area contributed by atoms with E-state index in [0.29, 0.717) is 17.5 Å². The number of rotatable bonds is 4. The van der Waals surface area contributed by atoms with Gasteiger partial charge in [0.15, 0.2) is 17.5 Å². The molecule has 54 heavy (non-hydrogen) atoms. The molecule has 5 heteroatoms. The van der Waals surface area contributed by atoms with E-state index in [1.54, 1.807) is 0 Å². The summed E-state index contributed by atoms with van der Waals surface area (Å²) >= 11 is 3.87. The van der Waals surface area contributed by atoms with Crippen LogP contribution in [0.1, 0.15) is 0 Å². The van der Waals surface area contributed by atoms with E-state index in [4.69, 9.17) is 15.0 Å². The van der Waals surface area contributed by atoms with Gasteiger partial charge in [-0.3, -0.25) is 0 Å². The van der Waals surface area contributed by atoms with Gasteiger partial charge >= 0.3 is 0 Å². The fourth-order valence-corrected chi connectivity index (χ4v) is 11.2.